The average molecular weight is 219 g/mol. The molecule has 3 nitrogen and oxygen atoms in total. The Labute approximate surface area is 109 Å². The first kappa shape index (κ1) is 11.6. The van der Waals surface area contributed by atoms with Crippen molar-refractivity contribution in [2.45, 2.75) is 0 Å². The largest absolute Gasteiger partial charge is 1.00 e. The Balaban J connectivity index is 0.000000980. The number of hydrogen-bond donors (Lipinski definition) is 1. The van der Waals surface area contributed by atoms with Crippen molar-refractivity contribution in [3.8, 4) is 5.69 Å². The number of nitrogens with zero attached hydrogens (tertiary/aromatic N) is 1. The monoisotopic (exact) mass is 218 g/mol. The van der Waals surface area contributed by atoms with Gasteiger partial charge in [0, 0.05) is 17.3 Å². The van der Waals surface area contributed by atoms with Gasteiger partial charge in [0.2, 0.25) is 0 Å². The van der Waals surface area contributed by atoms with Gasteiger partial charge in [0.05, 0.1) is 5.69 Å². The summed E-state index contributed by atoms with van der Waals surface area (Å²) >= 11 is 5.72. The van der Waals surface area contributed by atoms with E-state index in [1.54, 1.807) is 23.0 Å². The van der Waals surface area contributed by atoms with Crippen LogP contribution in [0, 0.1) is 0 Å². The Kier molecular flexibility index (Phi) is 4.01. The van der Waals surface area contributed by atoms with E-state index in [0.717, 1.165) is 5.69 Å². The minimum atomic E-state index is -0.116. The van der Waals surface area contributed by atoms with Gasteiger partial charge in [-0.15, -0.1) is 0 Å². The summed E-state index contributed by atoms with van der Waals surface area (Å²) in [4.78, 5) is 10.8. The summed E-state index contributed by atoms with van der Waals surface area (Å²) in [7, 11) is 0. The Bertz CT molecular complexity index is 465. The third-order valence-corrected chi connectivity index (χ3v) is 1.96. The van der Waals surface area contributed by atoms with Crippen LogP contribution in [0.1, 0.15) is 1.43 Å². The number of nitrogens with one attached hydrogen (secondary N) is 1. The second-order valence-corrected chi connectivity index (χ2v) is 3.07. The van der Waals surface area contributed by atoms with Gasteiger partial charge in [-0.05, 0) is 24.3 Å². The van der Waals surface area contributed by atoms with E-state index in [1.165, 1.54) is 6.07 Å². The number of rotatable bonds is 1. The molecule has 5 heteroatoms. The molecule has 0 atom stereocenters. The van der Waals surface area contributed by atoms with Crippen LogP contribution in [0.4, 0.5) is 0 Å². The number of aromatic amines is 1. The molecule has 2 aromatic rings. The van der Waals surface area contributed by atoms with Crippen molar-refractivity contribution in [2.24, 2.45) is 0 Å². The van der Waals surface area contributed by atoms with E-state index in [1.807, 2.05) is 12.1 Å². The summed E-state index contributed by atoms with van der Waals surface area (Å²) in [6.45, 7) is 0. The fourth-order valence-electron chi connectivity index (χ4n) is 1.09. The molecular weight excluding hydrogens is 211 g/mol. The number of hydrogen-bond acceptors (Lipinski definition) is 1. The zero-order valence-electron chi connectivity index (χ0n) is 8.70. The molecule has 2 rings (SSSR count). The summed E-state index contributed by atoms with van der Waals surface area (Å²) in [6.07, 6.45) is 1.67. The molecule has 1 aromatic carbocycles. The molecule has 0 spiro atoms. The summed E-state index contributed by atoms with van der Waals surface area (Å²) in [6, 6.07) is 8.68. The Morgan fingerprint density at radius 1 is 1.21 bits per heavy atom. The molecule has 68 valence electrons. The second-order valence-electron chi connectivity index (χ2n) is 2.64. The van der Waals surface area contributed by atoms with Crippen LogP contribution in [0.3, 0.4) is 0 Å². The molecule has 0 bridgehead atoms. The van der Waals surface area contributed by atoms with Gasteiger partial charge in [-0.25, -0.2) is 0 Å². The van der Waals surface area contributed by atoms with E-state index in [4.69, 9.17) is 11.6 Å². The van der Waals surface area contributed by atoms with E-state index in [-0.39, 0.29) is 36.5 Å². The molecule has 1 N–H and O–H groups in total. The first-order chi connectivity index (χ1) is 6.25. The molecule has 0 saturated heterocycles. The molecule has 14 heavy (non-hydrogen) atoms. The molecular formula is C9H8ClN2NaO. The van der Waals surface area contributed by atoms with Gasteiger partial charge in [-0.2, -0.15) is 0 Å². The number of H-pyrrole nitrogens is 1. The van der Waals surface area contributed by atoms with Crippen molar-refractivity contribution in [1.29, 1.82) is 0 Å². The van der Waals surface area contributed by atoms with Crippen LogP contribution < -0.4 is 35.1 Å². The second kappa shape index (κ2) is 4.84. The maximum absolute atomic E-state index is 10.8. The smallest absolute Gasteiger partial charge is 1.00 e. The molecule has 0 fully saturated rings. The van der Waals surface area contributed by atoms with E-state index < -0.39 is 0 Å². The van der Waals surface area contributed by atoms with Gasteiger partial charge < -0.3 is 1.43 Å². The summed E-state index contributed by atoms with van der Waals surface area (Å²) in [5.41, 5.74) is 0.765. The molecule has 0 saturated carbocycles. The van der Waals surface area contributed by atoms with Gasteiger partial charge in [-0.3, -0.25) is 14.6 Å². The van der Waals surface area contributed by atoms with Gasteiger partial charge in [0.1, 0.15) is 0 Å². The van der Waals surface area contributed by atoms with E-state index in [0.29, 0.717) is 5.02 Å². The van der Waals surface area contributed by atoms with Crippen molar-refractivity contribution >= 4 is 11.6 Å². The third-order valence-electron chi connectivity index (χ3n) is 1.71. The van der Waals surface area contributed by atoms with Crippen molar-refractivity contribution < 1.29 is 31.0 Å². The molecule has 0 aliphatic rings. The van der Waals surface area contributed by atoms with Crippen LogP contribution in [0.25, 0.3) is 5.69 Å². The van der Waals surface area contributed by atoms with Crippen LogP contribution >= 0.6 is 11.6 Å². The fourth-order valence-corrected chi connectivity index (χ4v) is 1.21. The number of benzene rings is 1. The minimum Gasteiger partial charge on any atom is -1.00 e. The molecule has 0 radical (unpaired) electrons. The van der Waals surface area contributed by atoms with Crippen LogP contribution in [-0.2, 0) is 0 Å². The van der Waals surface area contributed by atoms with Gasteiger partial charge in [0.15, 0.2) is 0 Å². The van der Waals surface area contributed by atoms with E-state index in [2.05, 4.69) is 5.10 Å². The summed E-state index contributed by atoms with van der Waals surface area (Å²) in [5, 5.41) is 3.31. The van der Waals surface area contributed by atoms with Crippen molar-refractivity contribution in [3.05, 3.63) is 51.9 Å². The molecule has 0 aliphatic heterocycles. The Hall–Kier alpha value is -0.480. The zero-order chi connectivity index (χ0) is 9.26. The maximum atomic E-state index is 10.8. The normalized spacial score (nSPS) is 9.50. The van der Waals surface area contributed by atoms with Crippen LogP contribution in [0.2, 0.25) is 5.02 Å². The quantitative estimate of drug-likeness (QED) is 0.609. The third kappa shape index (κ3) is 2.51. The van der Waals surface area contributed by atoms with Crippen molar-refractivity contribution in [1.82, 2.24) is 9.78 Å². The minimum absolute atomic E-state index is 0. The molecule has 1 aromatic heterocycles. The predicted octanol–water partition coefficient (Wildman–Crippen LogP) is -1.06. The predicted molar refractivity (Wildman–Crippen MR) is 52.5 cm³/mol. The zero-order valence-corrected chi connectivity index (χ0v) is 10.5. The average Bonchev–Trinajstić information content (AvgIpc) is 2.53. The van der Waals surface area contributed by atoms with Crippen LogP contribution in [-0.4, -0.2) is 9.78 Å². The topological polar surface area (TPSA) is 37.8 Å². The Morgan fingerprint density at radius 2 is 1.86 bits per heavy atom. The van der Waals surface area contributed by atoms with Crippen molar-refractivity contribution in [2.75, 3.05) is 0 Å². The van der Waals surface area contributed by atoms with Gasteiger partial charge >= 0.3 is 29.6 Å². The first-order valence-corrected chi connectivity index (χ1v) is 4.17. The molecule has 1 heterocycles. The standard InChI is InChI=1S/C9H7ClN2O.Na.H/c10-7-1-3-8(4-2-7)12-6-5-9(13)11-12;;/h1-6H,(H,11,13);;/q;+1;-1. The van der Waals surface area contributed by atoms with Gasteiger partial charge in [-0.1, -0.05) is 11.6 Å². The number of halogens is 1. The molecule has 0 amide bonds. The Morgan fingerprint density at radius 3 is 2.36 bits per heavy atom. The maximum Gasteiger partial charge on any atom is 1.00 e. The van der Waals surface area contributed by atoms with Gasteiger partial charge in [0.25, 0.3) is 5.56 Å². The van der Waals surface area contributed by atoms with E-state index in [9.17, 15) is 4.79 Å². The van der Waals surface area contributed by atoms with Crippen molar-refractivity contribution in [3.63, 3.8) is 0 Å². The van der Waals surface area contributed by atoms with Crippen LogP contribution in [0.5, 0.6) is 0 Å². The first-order valence-electron chi connectivity index (χ1n) is 3.79. The summed E-state index contributed by atoms with van der Waals surface area (Å²) in [5.74, 6) is 0. The number of aromatic nitrogens is 2. The van der Waals surface area contributed by atoms with E-state index >= 15 is 0 Å². The van der Waals surface area contributed by atoms with Crippen LogP contribution in [0.15, 0.2) is 41.3 Å². The fraction of sp³-hybridized carbons (Fsp3) is 0. The molecule has 0 unspecified atom stereocenters. The SMILES string of the molecule is O=c1ccn(-c2ccc(Cl)cc2)[nH]1.[H-].[Na+]. The molecule has 0 aliphatic carbocycles. The summed E-state index contributed by atoms with van der Waals surface area (Å²) < 4.78 is 1.64.